The molecular weight excluding hydrogens is 803 g/mol. The number of nitrogens with one attached hydrogen (secondary N) is 2. The summed E-state index contributed by atoms with van der Waals surface area (Å²) in [6.07, 6.45) is 3.06. The van der Waals surface area contributed by atoms with Gasteiger partial charge in [0.2, 0.25) is 11.8 Å². The van der Waals surface area contributed by atoms with Gasteiger partial charge in [0.15, 0.2) is 12.8 Å². The Kier molecular flexibility index (Phi) is 21.3. The Morgan fingerprint density at radius 3 is 2.30 bits per heavy atom. The molecule has 3 amide bonds. The lowest BCUT2D eigenvalue weighted by Crippen LogP contribution is -2.59. The predicted molar refractivity (Wildman–Crippen MR) is 232 cm³/mol. The van der Waals surface area contributed by atoms with Gasteiger partial charge < -0.3 is 34.9 Å². The zero-order chi connectivity index (χ0) is 45.2. The number of aliphatic hydroxyl groups is 1. The summed E-state index contributed by atoms with van der Waals surface area (Å²) in [5.41, 5.74) is 1.03. The Balaban J connectivity index is 1.95. The van der Waals surface area contributed by atoms with Crippen molar-refractivity contribution in [2.75, 3.05) is 33.5 Å². The molecule has 61 heavy (non-hydrogen) atoms. The first kappa shape index (κ1) is 50.9. The van der Waals surface area contributed by atoms with Gasteiger partial charge in [-0.25, -0.2) is 4.98 Å². The molecule has 1 aliphatic rings. The number of thiazole rings is 1. The Morgan fingerprint density at radius 1 is 0.984 bits per heavy atom. The summed E-state index contributed by atoms with van der Waals surface area (Å²) >= 11 is 1.13. The van der Waals surface area contributed by atoms with Crippen molar-refractivity contribution in [2.24, 2.45) is 23.7 Å². The second-order valence-corrected chi connectivity index (χ2v) is 17.9. The number of rotatable bonds is 24. The van der Waals surface area contributed by atoms with Crippen LogP contribution in [-0.4, -0.2) is 113 Å². The molecule has 1 aromatic heterocycles. The standard InChI is InChI=1S/C45H69N5O10S/c1-10-30(6)40(48-42(55)36-18-14-15-19-49(36)9)44(56)50(27-59-39(53)22-28(2)3)37(29(4)5)25-38(60-32(8)52)43-47-35(26-61-43)41(54)46-34(24-33-16-12-11-13-17-33)23-31(7)45(57)58-21-20-51/h11-13,16-17,26,28-31,34,36-38,40,51H,10,14-15,18-25,27H2,1-9H3,(H,46,54)(H,48,55). The van der Waals surface area contributed by atoms with Crippen molar-refractivity contribution in [3.05, 3.63) is 52.0 Å². The lowest BCUT2D eigenvalue weighted by molar-refractivity contribution is -0.161. The molecule has 1 fully saturated rings. The highest BCUT2D eigenvalue weighted by Crippen LogP contribution is 2.32. The van der Waals surface area contributed by atoms with Gasteiger partial charge >= 0.3 is 17.9 Å². The van der Waals surface area contributed by atoms with Crippen LogP contribution in [0.3, 0.4) is 0 Å². The summed E-state index contributed by atoms with van der Waals surface area (Å²) in [5.74, 6) is -3.78. The van der Waals surface area contributed by atoms with E-state index in [-0.39, 0.29) is 74.6 Å². The topological polar surface area (TPSA) is 194 Å². The molecule has 0 bridgehead atoms. The summed E-state index contributed by atoms with van der Waals surface area (Å²) in [5, 5.41) is 17.1. The van der Waals surface area contributed by atoms with Crippen molar-refractivity contribution in [2.45, 2.75) is 137 Å². The number of piperidine rings is 1. The summed E-state index contributed by atoms with van der Waals surface area (Å²) in [6, 6.07) is 7.06. The van der Waals surface area contributed by atoms with E-state index in [0.29, 0.717) is 24.3 Å². The van der Waals surface area contributed by atoms with Crippen LogP contribution in [0.4, 0.5) is 0 Å². The second kappa shape index (κ2) is 25.5. The molecule has 1 saturated heterocycles. The van der Waals surface area contributed by atoms with E-state index in [2.05, 4.69) is 15.6 Å². The van der Waals surface area contributed by atoms with E-state index < -0.39 is 59.9 Å². The molecule has 16 heteroatoms. The van der Waals surface area contributed by atoms with Crippen LogP contribution in [0.2, 0.25) is 0 Å². The van der Waals surface area contributed by atoms with Crippen LogP contribution >= 0.6 is 11.3 Å². The molecule has 2 heterocycles. The number of aromatic nitrogens is 1. The molecule has 3 rings (SSSR count). The minimum atomic E-state index is -0.993. The van der Waals surface area contributed by atoms with Crippen LogP contribution in [0.15, 0.2) is 35.7 Å². The number of carbonyl (C=O) groups is 6. The zero-order valence-electron chi connectivity index (χ0n) is 37.5. The Hall–Kier alpha value is -4.41. The van der Waals surface area contributed by atoms with Gasteiger partial charge in [0.1, 0.15) is 23.4 Å². The molecule has 0 radical (unpaired) electrons. The molecule has 7 atom stereocenters. The number of hydrogen-bond donors (Lipinski definition) is 3. The van der Waals surface area contributed by atoms with E-state index in [1.54, 1.807) is 12.3 Å². The molecule has 1 aliphatic heterocycles. The van der Waals surface area contributed by atoms with Gasteiger partial charge in [0.25, 0.3) is 5.91 Å². The van der Waals surface area contributed by atoms with Gasteiger partial charge in [0, 0.05) is 37.2 Å². The van der Waals surface area contributed by atoms with Crippen LogP contribution in [0, 0.1) is 23.7 Å². The van der Waals surface area contributed by atoms with E-state index in [1.165, 1.54) is 11.8 Å². The fourth-order valence-electron chi connectivity index (χ4n) is 7.45. The number of nitrogens with zero attached hydrogens (tertiary/aromatic N) is 3. The molecule has 0 spiro atoms. The summed E-state index contributed by atoms with van der Waals surface area (Å²) in [7, 11) is 1.91. The van der Waals surface area contributed by atoms with Crippen molar-refractivity contribution in [1.29, 1.82) is 0 Å². The number of likely N-dealkylation sites (tertiary alicyclic amines) is 1. The maximum atomic E-state index is 14.9. The molecule has 0 saturated carbocycles. The third-order valence-electron chi connectivity index (χ3n) is 11.1. The molecule has 340 valence electrons. The SMILES string of the molecule is CCC(C)C(NC(=O)C1CCCCN1C)C(=O)N(COC(=O)CC(C)C)C(CC(OC(C)=O)c1nc(C(=O)NC(Cc2ccccc2)CC(C)C(=O)OCCO)cs1)C(C)C. The van der Waals surface area contributed by atoms with Gasteiger partial charge in [-0.3, -0.25) is 33.7 Å². The number of amides is 3. The molecule has 15 nitrogen and oxygen atoms in total. The highest BCUT2D eigenvalue weighted by atomic mass is 32.1. The number of ether oxygens (including phenoxy) is 3. The maximum Gasteiger partial charge on any atom is 0.308 e. The quantitative estimate of drug-likeness (QED) is 0.0687. The maximum absolute atomic E-state index is 14.9. The van der Waals surface area contributed by atoms with Crippen LogP contribution < -0.4 is 10.6 Å². The lowest BCUT2D eigenvalue weighted by atomic mass is 9.92. The first-order valence-electron chi connectivity index (χ1n) is 21.7. The van der Waals surface area contributed by atoms with Gasteiger partial charge in [-0.15, -0.1) is 11.3 Å². The van der Waals surface area contributed by atoms with Gasteiger partial charge in [-0.05, 0) is 62.6 Å². The average molecular weight is 872 g/mol. The summed E-state index contributed by atoms with van der Waals surface area (Å²) in [4.78, 5) is 88.7. The Labute approximate surface area is 365 Å². The van der Waals surface area contributed by atoms with E-state index in [1.807, 2.05) is 83.8 Å². The minimum Gasteiger partial charge on any atom is -0.463 e. The molecule has 2 aromatic rings. The fraction of sp³-hybridized carbons (Fsp3) is 0.667. The lowest BCUT2D eigenvalue weighted by Gasteiger charge is -2.39. The largest absolute Gasteiger partial charge is 0.463 e. The number of esters is 3. The molecule has 1 aromatic carbocycles. The first-order chi connectivity index (χ1) is 28.9. The van der Waals surface area contributed by atoms with Gasteiger partial charge in [0.05, 0.1) is 18.6 Å². The van der Waals surface area contributed by atoms with Crippen LogP contribution in [0.25, 0.3) is 0 Å². The molecule has 0 aliphatic carbocycles. The van der Waals surface area contributed by atoms with Gasteiger partial charge in [-0.1, -0.05) is 91.6 Å². The number of aliphatic hydroxyl groups excluding tert-OH is 1. The minimum absolute atomic E-state index is 0.0206. The molecule has 7 unspecified atom stereocenters. The van der Waals surface area contributed by atoms with Crippen molar-refractivity contribution in [1.82, 2.24) is 25.4 Å². The summed E-state index contributed by atoms with van der Waals surface area (Å²) < 4.78 is 16.7. The van der Waals surface area contributed by atoms with Crippen molar-refractivity contribution < 1.29 is 48.1 Å². The van der Waals surface area contributed by atoms with Crippen molar-refractivity contribution in [3.63, 3.8) is 0 Å². The third-order valence-corrected chi connectivity index (χ3v) is 12.0. The molecular formula is C45H69N5O10S. The van der Waals surface area contributed by atoms with E-state index >= 15 is 0 Å². The van der Waals surface area contributed by atoms with Crippen LogP contribution in [-0.2, 0) is 44.6 Å². The van der Waals surface area contributed by atoms with Crippen LogP contribution in [0.1, 0.15) is 127 Å². The third kappa shape index (κ3) is 16.4. The van der Waals surface area contributed by atoms with Crippen molar-refractivity contribution in [3.8, 4) is 0 Å². The van der Waals surface area contributed by atoms with Crippen LogP contribution in [0.5, 0.6) is 0 Å². The molecule has 3 N–H and O–H groups in total. The predicted octanol–water partition coefficient (Wildman–Crippen LogP) is 5.46. The number of benzene rings is 1. The highest BCUT2D eigenvalue weighted by Gasteiger charge is 2.39. The normalized spacial score (nSPS) is 17.3. The van der Waals surface area contributed by atoms with E-state index in [4.69, 9.17) is 19.3 Å². The fourth-order valence-corrected chi connectivity index (χ4v) is 8.29. The smallest absolute Gasteiger partial charge is 0.308 e. The van der Waals surface area contributed by atoms with Gasteiger partial charge in [-0.2, -0.15) is 0 Å². The Bertz CT molecular complexity index is 1720. The first-order valence-corrected chi connectivity index (χ1v) is 22.5. The summed E-state index contributed by atoms with van der Waals surface area (Å²) in [6.45, 7) is 14.4. The highest BCUT2D eigenvalue weighted by molar-refractivity contribution is 7.09. The number of hydrogen-bond acceptors (Lipinski definition) is 13. The Morgan fingerprint density at radius 2 is 1.69 bits per heavy atom. The number of carbonyl (C=O) groups excluding carboxylic acids is 6. The zero-order valence-corrected chi connectivity index (χ0v) is 38.3. The number of likely N-dealkylation sites (N-methyl/N-ethyl adjacent to an activating group) is 1. The van der Waals surface area contributed by atoms with E-state index in [0.717, 1.165) is 36.3 Å². The van der Waals surface area contributed by atoms with Crippen molar-refractivity contribution >= 4 is 47.0 Å². The monoisotopic (exact) mass is 871 g/mol. The van der Waals surface area contributed by atoms with E-state index in [9.17, 15) is 28.8 Å². The average Bonchev–Trinajstić information content (AvgIpc) is 3.71. The second-order valence-electron chi connectivity index (χ2n) is 17.0.